The molecular formula is C9H12F6. The maximum absolute atomic E-state index is 12.8. The lowest BCUT2D eigenvalue weighted by Gasteiger charge is -2.14. The van der Waals surface area contributed by atoms with Gasteiger partial charge in [0, 0.05) is 0 Å². The van der Waals surface area contributed by atoms with E-state index in [9.17, 15) is 26.3 Å². The first-order chi connectivity index (χ1) is 6.99. The van der Waals surface area contributed by atoms with E-state index in [1.807, 2.05) is 0 Å². The van der Waals surface area contributed by atoms with Gasteiger partial charge in [-0.25, -0.2) is 22.0 Å². The molecule has 0 aromatic rings. The van der Waals surface area contributed by atoms with E-state index in [4.69, 9.17) is 0 Å². The number of hydrogen-bond acceptors (Lipinski definition) is 0. The summed E-state index contributed by atoms with van der Waals surface area (Å²) < 4.78 is 72.9. The summed E-state index contributed by atoms with van der Waals surface area (Å²) in [7, 11) is 0. The lowest BCUT2D eigenvalue weighted by atomic mass is 10.1. The van der Waals surface area contributed by atoms with Crippen LogP contribution in [0, 0.1) is 0 Å². The molecule has 0 rings (SSSR count). The molecule has 6 heteroatoms. The minimum absolute atomic E-state index is 0.152. The SMILES string of the molecule is FCCCC(F)C(F)C(F)C=CC(F)F. The maximum atomic E-state index is 12.8. The predicted octanol–water partition coefficient (Wildman–Crippen LogP) is 3.57. The standard InChI is InChI=1S/C9H12F6/c10-5-1-2-6(11)9(15)7(12)3-4-8(13)14/h3-4,6-9H,1-2,5H2. The molecular weight excluding hydrogens is 222 g/mol. The molecule has 0 saturated heterocycles. The molecule has 15 heavy (non-hydrogen) atoms. The van der Waals surface area contributed by atoms with Crippen LogP contribution in [0.5, 0.6) is 0 Å². The lowest BCUT2D eigenvalue weighted by molar-refractivity contribution is 0.0953. The van der Waals surface area contributed by atoms with Crippen molar-refractivity contribution in [3.63, 3.8) is 0 Å². The number of allylic oxidation sites excluding steroid dienone is 2. The van der Waals surface area contributed by atoms with Gasteiger partial charge in [-0.15, -0.1) is 0 Å². The van der Waals surface area contributed by atoms with Crippen molar-refractivity contribution in [3.8, 4) is 0 Å². The van der Waals surface area contributed by atoms with Crippen LogP contribution in [0.2, 0.25) is 0 Å². The van der Waals surface area contributed by atoms with Crippen molar-refractivity contribution in [2.24, 2.45) is 0 Å². The van der Waals surface area contributed by atoms with E-state index in [-0.39, 0.29) is 18.6 Å². The van der Waals surface area contributed by atoms with Crippen LogP contribution < -0.4 is 0 Å². The van der Waals surface area contributed by atoms with E-state index in [2.05, 4.69) is 0 Å². The van der Waals surface area contributed by atoms with Crippen LogP contribution in [0.25, 0.3) is 0 Å². The van der Waals surface area contributed by atoms with Crippen molar-refractivity contribution < 1.29 is 26.3 Å². The topological polar surface area (TPSA) is 0 Å². The van der Waals surface area contributed by atoms with Crippen LogP contribution in [0.1, 0.15) is 12.8 Å². The normalized spacial score (nSPS) is 18.3. The predicted molar refractivity (Wildman–Crippen MR) is 45.0 cm³/mol. The Morgan fingerprint density at radius 2 is 1.53 bits per heavy atom. The molecule has 0 N–H and O–H groups in total. The molecule has 90 valence electrons. The van der Waals surface area contributed by atoms with E-state index in [0.717, 1.165) is 0 Å². The highest BCUT2D eigenvalue weighted by Crippen LogP contribution is 2.18. The van der Waals surface area contributed by atoms with Crippen LogP contribution in [-0.2, 0) is 0 Å². The van der Waals surface area contributed by atoms with Crippen LogP contribution in [0.3, 0.4) is 0 Å². The zero-order valence-electron chi connectivity index (χ0n) is 7.85. The molecule has 0 spiro atoms. The summed E-state index contributed by atoms with van der Waals surface area (Å²) in [6, 6.07) is 0. The van der Waals surface area contributed by atoms with Gasteiger partial charge < -0.3 is 0 Å². The van der Waals surface area contributed by atoms with Gasteiger partial charge in [-0.05, 0) is 25.0 Å². The van der Waals surface area contributed by atoms with Crippen molar-refractivity contribution in [2.75, 3.05) is 6.67 Å². The molecule has 0 heterocycles. The molecule has 0 saturated carbocycles. The summed E-state index contributed by atoms with van der Waals surface area (Å²) in [6.45, 7) is -0.822. The van der Waals surface area contributed by atoms with Gasteiger partial charge in [0.2, 0.25) is 0 Å². The Morgan fingerprint density at radius 1 is 0.933 bits per heavy atom. The summed E-state index contributed by atoms with van der Waals surface area (Å²) in [5.41, 5.74) is 0. The first-order valence-electron chi connectivity index (χ1n) is 4.43. The van der Waals surface area contributed by atoms with Crippen LogP contribution in [0.15, 0.2) is 12.2 Å². The van der Waals surface area contributed by atoms with Gasteiger partial charge in [-0.3, -0.25) is 4.39 Å². The summed E-state index contributed by atoms with van der Waals surface area (Å²) in [5, 5.41) is 0. The van der Waals surface area contributed by atoms with E-state index >= 15 is 0 Å². The van der Waals surface area contributed by atoms with Crippen LogP contribution >= 0.6 is 0 Å². The Balaban J connectivity index is 4.00. The fourth-order valence-electron chi connectivity index (χ4n) is 0.927. The fourth-order valence-corrected chi connectivity index (χ4v) is 0.927. The molecule has 0 aromatic heterocycles. The van der Waals surface area contributed by atoms with E-state index in [1.165, 1.54) is 0 Å². The summed E-state index contributed by atoms with van der Waals surface area (Å²) >= 11 is 0. The minimum atomic E-state index is -2.90. The number of hydrogen-bond donors (Lipinski definition) is 0. The molecule has 0 amide bonds. The third kappa shape index (κ3) is 6.41. The van der Waals surface area contributed by atoms with Gasteiger partial charge in [0.15, 0.2) is 12.3 Å². The Hall–Kier alpha value is -0.680. The van der Waals surface area contributed by atoms with Gasteiger partial charge >= 0.3 is 0 Å². The monoisotopic (exact) mass is 234 g/mol. The molecule has 3 atom stereocenters. The first kappa shape index (κ1) is 14.3. The zero-order chi connectivity index (χ0) is 11.8. The summed E-state index contributed by atoms with van der Waals surface area (Å²) in [6.07, 6.45) is -10.3. The van der Waals surface area contributed by atoms with Gasteiger partial charge in [0.1, 0.15) is 6.17 Å². The molecule has 0 bridgehead atoms. The molecule has 3 unspecified atom stereocenters. The van der Waals surface area contributed by atoms with Gasteiger partial charge in [-0.1, -0.05) is 0 Å². The Labute approximate surface area is 84.0 Å². The van der Waals surface area contributed by atoms with E-state index in [0.29, 0.717) is 0 Å². The van der Waals surface area contributed by atoms with Gasteiger partial charge in [0.05, 0.1) is 6.67 Å². The second-order valence-electron chi connectivity index (χ2n) is 2.96. The minimum Gasteiger partial charge on any atom is -0.251 e. The Kier molecular flexibility index (Phi) is 7.25. The average Bonchev–Trinajstić information content (AvgIpc) is 2.21. The molecule has 0 nitrogen and oxygen atoms in total. The quantitative estimate of drug-likeness (QED) is 0.466. The van der Waals surface area contributed by atoms with Gasteiger partial charge in [0.25, 0.3) is 6.43 Å². The van der Waals surface area contributed by atoms with Gasteiger partial charge in [-0.2, -0.15) is 0 Å². The number of alkyl halides is 6. The van der Waals surface area contributed by atoms with Crippen molar-refractivity contribution in [1.29, 1.82) is 0 Å². The van der Waals surface area contributed by atoms with Crippen LogP contribution in [-0.4, -0.2) is 31.6 Å². The molecule has 0 aromatic carbocycles. The summed E-state index contributed by atoms with van der Waals surface area (Å²) in [4.78, 5) is 0. The Bertz CT molecular complexity index is 181. The molecule has 0 radical (unpaired) electrons. The fraction of sp³-hybridized carbons (Fsp3) is 0.778. The Morgan fingerprint density at radius 3 is 2.00 bits per heavy atom. The third-order valence-corrected chi connectivity index (χ3v) is 1.70. The first-order valence-corrected chi connectivity index (χ1v) is 4.43. The molecule has 0 aliphatic rings. The summed E-state index contributed by atoms with van der Waals surface area (Å²) in [5.74, 6) is 0. The van der Waals surface area contributed by atoms with E-state index in [1.54, 1.807) is 0 Å². The average molecular weight is 234 g/mol. The lowest BCUT2D eigenvalue weighted by Crippen LogP contribution is -2.27. The number of rotatable bonds is 7. The zero-order valence-corrected chi connectivity index (χ0v) is 7.85. The van der Waals surface area contributed by atoms with E-state index < -0.39 is 38.0 Å². The second kappa shape index (κ2) is 7.59. The smallest absolute Gasteiger partial charge is 0.251 e. The highest BCUT2D eigenvalue weighted by molar-refractivity contribution is 4.96. The van der Waals surface area contributed by atoms with Crippen molar-refractivity contribution in [3.05, 3.63) is 12.2 Å². The third-order valence-electron chi connectivity index (χ3n) is 1.70. The van der Waals surface area contributed by atoms with Crippen LogP contribution in [0.4, 0.5) is 26.3 Å². The highest BCUT2D eigenvalue weighted by Gasteiger charge is 2.27. The molecule has 0 aliphatic carbocycles. The highest BCUT2D eigenvalue weighted by atomic mass is 19.3. The molecule has 0 aliphatic heterocycles. The largest absolute Gasteiger partial charge is 0.257 e. The molecule has 0 fully saturated rings. The second-order valence-corrected chi connectivity index (χ2v) is 2.96. The van der Waals surface area contributed by atoms with Crippen molar-refractivity contribution >= 4 is 0 Å². The number of halogens is 6. The maximum Gasteiger partial charge on any atom is 0.257 e. The van der Waals surface area contributed by atoms with Crippen molar-refractivity contribution in [1.82, 2.24) is 0 Å². The van der Waals surface area contributed by atoms with Crippen molar-refractivity contribution in [2.45, 2.75) is 37.8 Å².